The van der Waals surface area contributed by atoms with Gasteiger partial charge in [-0.3, -0.25) is 9.89 Å². The number of rotatable bonds is 6. The fourth-order valence-electron chi connectivity index (χ4n) is 2.83. The molecule has 0 radical (unpaired) electrons. The second-order valence-electron chi connectivity index (χ2n) is 6.54. The number of piperidine rings is 1. The van der Waals surface area contributed by atoms with Gasteiger partial charge in [0.1, 0.15) is 0 Å². The van der Waals surface area contributed by atoms with E-state index in [9.17, 15) is 18.3 Å². The summed E-state index contributed by atoms with van der Waals surface area (Å²) in [5.74, 6) is 0.352. The Balaban J connectivity index is 1.74. The van der Waals surface area contributed by atoms with E-state index in [4.69, 9.17) is 0 Å². The summed E-state index contributed by atoms with van der Waals surface area (Å²) < 4.78 is 36.5. The zero-order valence-electron chi connectivity index (χ0n) is 15.0. The Morgan fingerprint density at radius 2 is 1.77 bits per heavy atom. The minimum Gasteiger partial charge on any atom is -0.393 e. The molecule has 1 aromatic rings. The van der Waals surface area contributed by atoms with Crippen LogP contribution in [0.25, 0.3) is 0 Å². The highest BCUT2D eigenvalue weighted by atomic mass is 19.4. The number of aliphatic hydroxyl groups excluding tert-OH is 1. The van der Waals surface area contributed by atoms with E-state index in [1.54, 1.807) is 0 Å². The Labute approximate surface area is 152 Å². The van der Waals surface area contributed by atoms with Crippen LogP contribution < -0.4 is 10.6 Å². The number of aliphatic hydroxyl groups is 1. The molecule has 0 bridgehead atoms. The molecule has 8 heteroatoms. The third-order valence-corrected chi connectivity index (χ3v) is 4.37. The highest BCUT2D eigenvalue weighted by Gasteiger charge is 2.26. The van der Waals surface area contributed by atoms with Crippen molar-refractivity contribution in [2.75, 3.05) is 26.7 Å². The summed E-state index contributed by atoms with van der Waals surface area (Å²) in [6.07, 6.45) is -3.59. The number of nitrogens with zero attached hydrogens (tertiary/aromatic N) is 2. The Bertz CT molecular complexity index is 567. The number of aliphatic imine (C=N–C) groups is 1. The first kappa shape index (κ1) is 20.5. The number of hydrogen-bond donors (Lipinski definition) is 3. The van der Waals surface area contributed by atoms with Crippen molar-refractivity contribution in [3.8, 4) is 0 Å². The molecule has 1 aromatic carbocycles. The molecule has 0 aliphatic carbocycles. The van der Waals surface area contributed by atoms with E-state index in [1.165, 1.54) is 12.6 Å². The monoisotopic (exact) mass is 372 g/mol. The smallest absolute Gasteiger partial charge is 0.390 e. The summed E-state index contributed by atoms with van der Waals surface area (Å²) in [4.78, 5) is 6.25. The molecule has 1 heterocycles. The first-order valence-corrected chi connectivity index (χ1v) is 8.85. The number of nitrogens with one attached hydrogen (secondary N) is 2. The van der Waals surface area contributed by atoms with Crippen LogP contribution in [0.15, 0.2) is 29.3 Å². The van der Waals surface area contributed by atoms with Crippen LogP contribution in [0.3, 0.4) is 0 Å². The summed E-state index contributed by atoms with van der Waals surface area (Å²) in [7, 11) is 1.53. The standard InChI is InChI=1S/C18H27F3N4O/c1-22-17(23-9-8-18(19,20)21)24-12-14-2-4-15(5-3-14)13-25-10-6-16(26)7-11-25/h2-5,16,26H,6-13H2,1H3,(H2,22,23,24). The van der Waals surface area contributed by atoms with Gasteiger partial charge in [-0.05, 0) is 24.0 Å². The van der Waals surface area contributed by atoms with Crippen LogP contribution in [0.2, 0.25) is 0 Å². The predicted octanol–water partition coefficient (Wildman–Crippen LogP) is 2.26. The lowest BCUT2D eigenvalue weighted by Crippen LogP contribution is -2.38. The molecule has 0 atom stereocenters. The number of likely N-dealkylation sites (tertiary alicyclic amines) is 1. The van der Waals surface area contributed by atoms with Gasteiger partial charge in [0, 0.05) is 39.8 Å². The zero-order chi connectivity index (χ0) is 19.0. The van der Waals surface area contributed by atoms with Crippen LogP contribution in [0.1, 0.15) is 30.4 Å². The Kier molecular flexibility index (Phi) is 7.71. The number of halogens is 3. The second-order valence-corrected chi connectivity index (χ2v) is 6.54. The molecule has 1 fully saturated rings. The molecule has 3 N–H and O–H groups in total. The van der Waals surface area contributed by atoms with Gasteiger partial charge in [0.05, 0.1) is 12.5 Å². The molecule has 146 valence electrons. The van der Waals surface area contributed by atoms with Gasteiger partial charge in [-0.15, -0.1) is 0 Å². The molecule has 1 aliphatic heterocycles. The fraction of sp³-hybridized carbons (Fsp3) is 0.611. The molecule has 2 rings (SSSR count). The van der Waals surface area contributed by atoms with Gasteiger partial charge in [-0.25, -0.2) is 0 Å². The highest BCUT2D eigenvalue weighted by Crippen LogP contribution is 2.18. The molecule has 0 saturated carbocycles. The lowest BCUT2D eigenvalue weighted by Gasteiger charge is -2.29. The fourth-order valence-corrected chi connectivity index (χ4v) is 2.83. The van der Waals surface area contributed by atoms with Crippen molar-refractivity contribution in [3.63, 3.8) is 0 Å². The lowest BCUT2D eigenvalue weighted by molar-refractivity contribution is -0.132. The van der Waals surface area contributed by atoms with Crippen molar-refractivity contribution in [1.82, 2.24) is 15.5 Å². The van der Waals surface area contributed by atoms with Gasteiger partial charge in [0.25, 0.3) is 0 Å². The molecule has 1 aliphatic rings. The van der Waals surface area contributed by atoms with Crippen molar-refractivity contribution < 1.29 is 18.3 Å². The molecular weight excluding hydrogens is 345 g/mol. The van der Waals surface area contributed by atoms with Crippen molar-refractivity contribution >= 4 is 5.96 Å². The van der Waals surface area contributed by atoms with Crippen LogP contribution in [0, 0.1) is 0 Å². The molecule has 26 heavy (non-hydrogen) atoms. The first-order chi connectivity index (χ1) is 12.4. The number of benzene rings is 1. The van der Waals surface area contributed by atoms with Gasteiger partial charge in [-0.1, -0.05) is 24.3 Å². The highest BCUT2D eigenvalue weighted by molar-refractivity contribution is 5.79. The quantitative estimate of drug-likeness (QED) is 0.530. The van der Waals surface area contributed by atoms with Crippen LogP contribution in [-0.4, -0.2) is 54.9 Å². The minimum absolute atomic E-state index is 0.168. The van der Waals surface area contributed by atoms with E-state index in [2.05, 4.69) is 32.7 Å². The Hall–Kier alpha value is -1.80. The Morgan fingerprint density at radius 3 is 2.35 bits per heavy atom. The van der Waals surface area contributed by atoms with Crippen LogP contribution in [0.5, 0.6) is 0 Å². The minimum atomic E-state index is -4.17. The third-order valence-electron chi connectivity index (χ3n) is 4.37. The second kappa shape index (κ2) is 9.78. The van der Waals surface area contributed by atoms with E-state index in [-0.39, 0.29) is 12.6 Å². The maximum Gasteiger partial charge on any atom is 0.390 e. The average molecular weight is 372 g/mol. The summed E-state index contributed by atoms with van der Waals surface area (Å²) in [6, 6.07) is 8.12. The van der Waals surface area contributed by atoms with E-state index in [0.717, 1.165) is 38.0 Å². The summed E-state index contributed by atoms with van der Waals surface area (Å²) >= 11 is 0. The molecule has 0 spiro atoms. The summed E-state index contributed by atoms with van der Waals surface area (Å²) in [5, 5.41) is 15.2. The SMILES string of the molecule is CN=C(NCCC(F)(F)F)NCc1ccc(CN2CCC(O)CC2)cc1. The van der Waals surface area contributed by atoms with Gasteiger partial charge < -0.3 is 15.7 Å². The number of guanidine groups is 1. The van der Waals surface area contributed by atoms with E-state index < -0.39 is 12.6 Å². The maximum atomic E-state index is 12.2. The molecule has 1 saturated heterocycles. The van der Waals surface area contributed by atoms with Crippen LogP contribution >= 0.6 is 0 Å². The largest absolute Gasteiger partial charge is 0.393 e. The lowest BCUT2D eigenvalue weighted by atomic mass is 10.1. The van der Waals surface area contributed by atoms with Gasteiger partial charge >= 0.3 is 6.18 Å². The predicted molar refractivity (Wildman–Crippen MR) is 95.8 cm³/mol. The molecule has 0 aromatic heterocycles. The van der Waals surface area contributed by atoms with E-state index in [1.807, 2.05) is 12.1 Å². The molecule has 5 nitrogen and oxygen atoms in total. The maximum absolute atomic E-state index is 12.2. The molecular formula is C18H27F3N4O. The van der Waals surface area contributed by atoms with Crippen molar-refractivity contribution in [3.05, 3.63) is 35.4 Å². The molecule has 0 amide bonds. The first-order valence-electron chi connectivity index (χ1n) is 8.85. The van der Waals surface area contributed by atoms with Gasteiger partial charge in [-0.2, -0.15) is 13.2 Å². The van der Waals surface area contributed by atoms with Gasteiger partial charge in [0.15, 0.2) is 5.96 Å². The van der Waals surface area contributed by atoms with Crippen molar-refractivity contribution in [2.24, 2.45) is 4.99 Å². The number of alkyl halides is 3. The number of hydrogen-bond acceptors (Lipinski definition) is 3. The van der Waals surface area contributed by atoms with Crippen molar-refractivity contribution in [2.45, 2.75) is 44.6 Å². The van der Waals surface area contributed by atoms with Gasteiger partial charge in [0.2, 0.25) is 0 Å². The molecule has 0 unspecified atom stereocenters. The third kappa shape index (κ3) is 7.61. The zero-order valence-corrected chi connectivity index (χ0v) is 15.0. The van der Waals surface area contributed by atoms with Crippen molar-refractivity contribution in [1.29, 1.82) is 0 Å². The average Bonchev–Trinajstić information content (AvgIpc) is 2.60. The van der Waals surface area contributed by atoms with E-state index >= 15 is 0 Å². The van der Waals surface area contributed by atoms with Crippen LogP contribution in [0.4, 0.5) is 13.2 Å². The topological polar surface area (TPSA) is 59.9 Å². The van der Waals surface area contributed by atoms with E-state index in [0.29, 0.717) is 12.5 Å². The normalized spacial score (nSPS) is 17.3. The Morgan fingerprint density at radius 1 is 1.15 bits per heavy atom. The van der Waals surface area contributed by atoms with Crippen LogP contribution in [-0.2, 0) is 13.1 Å². The summed E-state index contributed by atoms with van der Waals surface area (Å²) in [5.41, 5.74) is 2.24. The summed E-state index contributed by atoms with van der Waals surface area (Å²) in [6.45, 7) is 2.96.